The van der Waals surface area contributed by atoms with Gasteiger partial charge in [0.2, 0.25) is 15.9 Å². The van der Waals surface area contributed by atoms with Gasteiger partial charge in [0.15, 0.2) is 5.76 Å². The number of rotatable bonds is 6. The molecule has 1 aromatic heterocycles. The minimum Gasteiger partial charge on any atom is -0.360 e. The largest absolute Gasteiger partial charge is 0.360 e. The van der Waals surface area contributed by atoms with Crippen molar-refractivity contribution in [2.75, 3.05) is 33.2 Å². The molecule has 0 spiro atoms. The smallest absolute Gasteiger partial charge is 0.248 e. The Morgan fingerprint density at radius 3 is 2.34 bits per heavy atom. The van der Waals surface area contributed by atoms with Crippen LogP contribution in [0.4, 0.5) is 0 Å². The molecule has 2 aromatic rings. The van der Waals surface area contributed by atoms with Crippen LogP contribution in [0.5, 0.6) is 0 Å². The predicted octanol–water partition coefficient (Wildman–Crippen LogP) is 1.64. The molecular formula is C20H28N4O4S. The molecule has 0 N–H and O–H groups in total. The Bertz CT molecular complexity index is 931. The number of amides is 1. The van der Waals surface area contributed by atoms with Crippen LogP contribution in [-0.2, 0) is 21.4 Å². The van der Waals surface area contributed by atoms with Gasteiger partial charge in [-0.2, -0.15) is 4.31 Å². The molecule has 1 saturated heterocycles. The van der Waals surface area contributed by atoms with Crippen molar-refractivity contribution < 1.29 is 17.7 Å². The van der Waals surface area contributed by atoms with Crippen molar-refractivity contribution in [3.05, 3.63) is 47.3 Å². The average molecular weight is 421 g/mol. The van der Waals surface area contributed by atoms with E-state index in [4.69, 9.17) is 4.52 Å². The summed E-state index contributed by atoms with van der Waals surface area (Å²) < 4.78 is 32.4. The summed E-state index contributed by atoms with van der Waals surface area (Å²) in [6.45, 7) is 7.30. The normalized spacial score (nSPS) is 17.2. The van der Waals surface area contributed by atoms with E-state index in [0.717, 1.165) is 5.56 Å². The number of carbonyl (C=O) groups is 1. The number of aryl methyl sites for hydroxylation is 2. The SMILES string of the molecule is Cc1noc(C)c1S(=O)(=O)N1CCN(C(C)C(=O)N(C)Cc2ccccc2)CC1. The van der Waals surface area contributed by atoms with Gasteiger partial charge in [0, 0.05) is 39.8 Å². The molecule has 0 aliphatic carbocycles. The summed E-state index contributed by atoms with van der Waals surface area (Å²) in [5.74, 6) is 0.326. The van der Waals surface area contributed by atoms with Gasteiger partial charge in [0.25, 0.3) is 0 Å². The molecule has 8 nitrogen and oxygen atoms in total. The minimum absolute atomic E-state index is 0.0240. The topological polar surface area (TPSA) is 87.0 Å². The Kier molecular flexibility index (Phi) is 6.40. The third-order valence-electron chi connectivity index (χ3n) is 5.38. The molecule has 2 heterocycles. The maximum absolute atomic E-state index is 12.9. The third kappa shape index (κ3) is 4.52. The van der Waals surface area contributed by atoms with E-state index in [2.05, 4.69) is 5.16 Å². The van der Waals surface area contributed by atoms with E-state index in [-0.39, 0.29) is 16.8 Å². The summed E-state index contributed by atoms with van der Waals surface area (Å²) in [6, 6.07) is 9.53. The van der Waals surface area contributed by atoms with Crippen molar-refractivity contribution in [3.8, 4) is 0 Å². The highest BCUT2D eigenvalue weighted by atomic mass is 32.2. The zero-order valence-corrected chi connectivity index (χ0v) is 18.1. The molecule has 1 atom stereocenters. The highest BCUT2D eigenvalue weighted by Crippen LogP contribution is 2.24. The second-order valence-electron chi connectivity index (χ2n) is 7.45. The Labute approximate surface area is 172 Å². The molecule has 9 heteroatoms. The van der Waals surface area contributed by atoms with E-state index < -0.39 is 10.0 Å². The molecule has 1 aromatic carbocycles. The van der Waals surface area contributed by atoms with E-state index in [1.54, 1.807) is 25.8 Å². The molecule has 0 saturated carbocycles. The van der Waals surface area contributed by atoms with Gasteiger partial charge in [0.05, 0.1) is 6.04 Å². The van der Waals surface area contributed by atoms with Crippen LogP contribution in [0.1, 0.15) is 23.9 Å². The summed E-state index contributed by atoms with van der Waals surface area (Å²) in [5.41, 5.74) is 1.45. The lowest BCUT2D eigenvalue weighted by molar-refractivity contribution is -0.136. The zero-order chi connectivity index (χ0) is 21.2. The number of nitrogens with zero attached hydrogens (tertiary/aromatic N) is 4. The maximum atomic E-state index is 12.9. The second-order valence-corrected chi connectivity index (χ2v) is 9.32. The Hall–Kier alpha value is -2.23. The van der Waals surface area contributed by atoms with Crippen LogP contribution in [0, 0.1) is 13.8 Å². The van der Waals surface area contributed by atoms with Crippen LogP contribution in [-0.4, -0.2) is 72.9 Å². The van der Waals surface area contributed by atoms with Crippen molar-refractivity contribution in [3.63, 3.8) is 0 Å². The molecule has 1 amide bonds. The van der Waals surface area contributed by atoms with Gasteiger partial charge in [0.1, 0.15) is 10.6 Å². The van der Waals surface area contributed by atoms with E-state index in [0.29, 0.717) is 44.2 Å². The first kappa shape index (κ1) is 21.5. The maximum Gasteiger partial charge on any atom is 0.248 e. The number of aromatic nitrogens is 1. The first-order valence-corrected chi connectivity index (χ1v) is 11.1. The highest BCUT2D eigenvalue weighted by molar-refractivity contribution is 7.89. The Morgan fingerprint density at radius 1 is 1.17 bits per heavy atom. The van der Waals surface area contributed by atoms with Crippen LogP contribution in [0.15, 0.2) is 39.8 Å². The number of hydrogen-bond acceptors (Lipinski definition) is 6. The molecule has 1 aliphatic heterocycles. The van der Waals surface area contributed by atoms with Gasteiger partial charge in [-0.15, -0.1) is 0 Å². The number of piperazine rings is 1. The van der Waals surface area contributed by atoms with Crippen molar-refractivity contribution in [2.24, 2.45) is 0 Å². The van der Waals surface area contributed by atoms with E-state index in [9.17, 15) is 13.2 Å². The predicted molar refractivity (Wildman–Crippen MR) is 109 cm³/mol. The van der Waals surface area contributed by atoms with E-state index >= 15 is 0 Å². The fraction of sp³-hybridized carbons (Fsp3) is 0.500. The standard InChI is InChI=1S/C20H28N4O4S/c1-15-19(17(3)28-21-15)29(26,27)24-12-10-23(11-13-24)16(2)20(25)22(4)14-18-8-6-5-7-9-18/h5-9,16H,10-14H2,1-4H3. The number of carbonyl (C=O) groups excluding carboxylic acids is 1. The summed E-state index contributed by atoms with van der Waals surface area (Å²) in [7, 11) is -1.86. The fourth-order valence-corrected chi connectivity index (χ4v) is 5.43. The van der Waals surface area contributed by atoms with Crippen molar-refractivity contribution in [1.29, 1.82) is 0 Å². The summed E-state index contributed by atoms with van der Waals surface area (Å²) in [4.78, 5) is 16.7. The molecule has 1 aliphatic rings. The number of sulfonamides is 1. The number of benzene rings is 1. The second kappa shape index (κ2) is 8.64. The lowest BCUT2D eigenvalue weighted by atomic mass is 10.2. The molecule has 3 rings (SSSR count). The van der Waals surface area contributed by atoms with Crippen LogP contribution in [0.3, 0.4) is 0 Å². The van der Waals surface area contributed by atoms with Crippen molar-refractivity contribution in [2.45, 2.75) is 38.3 Å². The molecule has 1 unspecified atom stereocenters. The summed E-state index contributed by atoms with van der Waals surface area (Å²) in [5, 5.41) is 3.76. The van der Waals surface area contributed by atoms with Gasteiger partial charge >= 0.3 is 0 Å². The average Bonchev–Trinajstić information content (AvgIpc) is 3.06. The van der Waals surface area contributed by atoms with E-state index in [1.807, 2.05) is 42.2 Å². The lowest BCUT2D eigenvalue weighted by Gasteiger charge is -2.37. The fourth-order valence-electron chi connectivity index (χ4n) is 3.71. The van der Waals surface area contributed by atoms with Crippen LogP contribution < -0.4 is 0 Å². The molecule has 0 radical (unpaired) electrons. The first-order chi connectivity index (χ1) is 13.7. The zero-order valence-electron chi connectivity index (χ0n) is 17.3. The van der Waals surface area contributed by atoms with Crippen molar-refractivity contribution in [1.82, 2.24) is 19.3 Å². The van der Waals surface area contributed by atoms with Gasteiger partial charge in [-0.1, -0.05) is 35.5 Å². The van der Waals surface area contributed by atoms with Crippen LogP contribution in [0.2, 0.25) is 0 Å². The summed E-state index contributed by atoms with van der Waals surface area (Å²) >= 11 is 0. The van der Waals surface area contributed by atoms with Crippen LogP contribution in [0.25, 0.3) is 0 Å². The number of likely N-dealkylation sites (N-methyl/N-ethyl adjacent to an activating group) is 1. The Morgan fingerprint density at radius 2 is 1.79 bits per heavy atom. The van der Waals surface area contributed by atoms with E-state index in [1.165, 1.54) is 4.31 Å². The monoisotopic (exact) mass is 420 g/mol. The quantitative estimate of drug-likeness (QED) is 0.706. The molecule has 1 fully saturated rings. The Balaban J connectivity index is 1.60. The summed E-state index contributed by atoms with van der Waals surface area (Å²) in [6.07, 6.45) is 0. The lowest BCUT2D eigenvalue weighted by Crippen LogP contribution is -2.55. The minimum atomic E-state index is -3.65. The highest BCUT2D eigenvalue weighted by Gasteiger charge is 2.35. The third-order valence-corrected chi connectivity index (χ3v) is 7.53. The molecule has 158 valence electrons. The first-order valence-electron chi connectivity index (χ1n) is 9.67. The van der Waals surface area contributed by atoms with Crippen molar-refractivity contribution >= 4 is 15.9 Å². The molecule has 29 heavy (non-hydrogen) atoms. The number of hydrogen-bond donors (Lipinski definition) is 0. The van der Waals surface area contributed by atoms with Gasteiger partial charge in [-0.25, -0.2) is 8.42 Å². The van der Waals surface area contributed by atoms with Gasteiger partial charge in [-0.05, 0) is 26.3 Å². The molecular weight excluding hydrogens is 392 g/mol. The van der Waals surface area contributed by atoms with Crippen LogP contribution >= 0.6 is 0 Å². The van der Waals surface area contributed by atoms with Gasteiger partial charge < -0.3 is 9.42 Å². The van der Waals surface area contributed by atoms with Gasteiger partial charge in [-0.3, -0.25) is 9.69 Å². The molecule has 0 bridgehead atoms.